The molecule has 2 aliphatic heterocycles. The Bertz CT molecular complexity index is 1040. The molecule has 1 saturated heterocycles. The molecule has 30 heavy (non-hydrogen) atoms. The van der Waals surface area contributed by atoms with Crippen LogP contribution in [0.5, 0.6) is 0 Å². The highest BCUT2D eigenvalue weighted by Gasteiger charge is 2.44. The van der Waals surface area contributed by atoms with Gasteiger partial charge in [-0.15, -0.1) is 0 Å². The average molecular weight is 399 g/mol. The quantitative estimate of drug-likeness (QED) is 0.642. The number of benzene rings is 3. The van der Waals surface area contributed by atoms with E-state index in [-0.39, 0.29) is 6.04 Å². The molecule has 0 amide bonds. The number of aliphatic imine (C=N–C) groups is 1. The van der Waals surface area contributed by atoms with E-state index in [1.807, 2.05) is 54.6 Å². The zero-order chi connectivity index (χ0) is 20.4. The van der Waals surface area contributed by atoms with Gasteiger partial charge in [0.25, 0.3) is 0 Å². The van der Waals surface area contributed by atoms with Crippen molar-refractivity contribution in [3.05, 3.63) is 102 Å². The number of rotatable bonds is 5. The monoisotopic (exact) mass is 399 g/mol. The summed E-state index contributed by atoms with van der Waals surface area (Å²) in [5, 5.41) is 0. The van der Waals surface area contributed by atoms with E-state index in [0.29, 0.717) is 25.8 Å². The topological polar surface area (TPSA) is 43.3 Å². The minimum atomic E-state index is -0.676. The lowest BCUT2D eigenvalue weighted by molar-refractivity contribution is -0.0199. The number of nitrogens with zero attached hydrogens (tertiary/aromatic N) is 2. The standard InChI is InChI=1S/C25H23N2O3/c1-28-25(21-12-6-3-7-13-21)17-29-18-27(25)22-14-8-11-20(15-22)24-26-23(16-30-24)19-9-4-2-5-10-19/h2-10,12-15,23H,16-18H2,1H3/t23-,25-/m0/s1. The van der Waals surface area contributed by atoms with Crippen molar-refractivity contribution in [3.8, 4) is 0 Å². The maximum Gasteiger partial charge on any atom is 0.217 e. The molecule has 3 aromatic rings. The molecule has 151 valence electrons. The summed E-state index contributed by atoms with van der Waals surface area (Å²) in [6, 6.07) is 29.6. The Labute approximate surface area is 176 Å². The number of anilines is 1. The molecule has 0 aliphatic carbocycles. The molecule has 0 aromatic heterocycles. The maximum absolute atomic E-state index is 6.02. The molecular formula is C25H23N2O3. The molecule has 0 spiro atoms. The number of hydrogen-bond donors (Lipinski definition) is 0. The van der Waals surface area contributed by atoms with Crippen molar-refractivity contribution in [2.24, 2.45) is 4.99 Å². The van der Waals surface area contributed by atoms with Gasteiger partial charge in [0.05, 0.1) is 0 Å². The van der Waals surface area contributed by atoms with Crippen molar-refractivity contribution in [2.75, 3.05) is 32.0 Å². The Kier molecular flexibility index (Phi) is 4.99. The van der Waals surface area contributed by atoms with Crippen molar-refractivity contribution in [2.45, 2.75) is 11.8 Å². The van der Waals surface area contributed by atoms with Gasteiger partial charge >= 0.3 is 0 Å². The van der Waals surface area contributed by atoms with Crippen molar-refractivity contribution in [1.29, 1.82) is 0 Å². The second kappa shape index (κ2) is 7.94. The van der Waals surface area contributed by atoms with Gasteiger partial charge in [0.1, 0.15) is 26.0 Å². The Hall–Kier alpha value is -3.15. The summed E-state index contributed by atoms with van der Waals surface area (Å²) >= 11 is 0. The van der Waals surface area contributed by atoms with Gasteiger partial charge < -0.3 is 19.1 Å². The van der Waals surface area contributed by atoms with Gasteiger partial charge in [0, 0.05) is 23.9 Å². The fourth-order valence-corrected chi connectivity index (χ4v) is 4.08. The second-order valence-electron chi connectivity index (χ2n) is 7.39. The van der Waals surface area contributed by atoms with Crippen LogP contribution in [-0.4, -0.2) is 33.0 Å². The minimum Gasteiger partial charge on any atom is -0.475 e. The van der Waals surface area contributed by atoms with Crippen LogP contribution in [0, 0.1) is 6.07 Å². The van der Waals surface area contributed by atoms with Gasteiger partial charge in [-0.2, -0.15) is 0 Å². The van der Waals surface area contributed by atoms with Crippen LogP contribution in [0.1, 0.15) is 22.7 Å². The Balaban J connectivity index is 1.47. The first kappa shape index (κ1) is 18.9. The van der Waals surface area contributed by atoms with E-state index in [0.717, 1.165) is 22.4 Å². The molecule has 5 rings (SSSR count). The number of hydrogen-bond acceptors (Lipinski definition) is 5. The normalized spacial score (nSPS) is 23.3. The van der Waals surface area contributed by atoms with Crippen LogP contribution in [0.15, 0.2) is 83.9 Å². The maximum atomic E-state index is 6.02. The van der Waals surface area contributed by atoms with Crippen LogP contribution in [0.4, 0.5) is 5.69 Å². The summed E-state index contributed by atoms with van der Waals surface area (Å²) < 4.78 is 17.8. The summed E-state index contributed by atoms with van der Waals surface area (Å²) in [7, 11) is 1.72. The molecule has 0 saturated carbocycles. The smallest absolute Gasteiger partial charge is 0.217 e. The third-order valence-corrected chi connectivity index (χ3v) is 5.68. The van der Waals surface area contributed by atoms with Gasteiger partial charge in [-0.3, -0.25) is 0 Å². The van der Waals surface area contributed by atoms with Crippen LogP contribution in [-0.2, 0) is 19.9 Å². The zero-order valence-corrected chi connectivity index (χ0v) is 16.8. The van der Waals surface area contributed by atoms with Crippen LogP contribution >= 0.6 is 0 Å². The summed E-state index contributed by atoms with van der Waals surface area (Å²) in [5.74, 6) is 0.619. The van der Waals surface area contributed by atoms with E-state index in [9.17, 15) is 0 Å². The van der Waals surface area contributed by atoms with E-state index in [2.05, 4.69) is 35.2 Å². The van der Waals surface area contributed by atoms with Crippen molar-refractivity contribution in [3.63, 3.8) is 0 Å². The van der Waals surface area contributed by atoms with Gasteiger partial charge in [-0.05, 0) is 23.8 Å². The highest BCUT2D eigenvalue weighted by Crippen LogP contribution is 2.38. The molecule has 2 atom stereocenters. The molecule has 2 heterocycles. The highest BCUT2D eigenvalue weighted by molar-refractivity contribution is 5.96. The van der Waals surface area contributed by atoms with Gasteiger partial charge in [0.2, 0.25) is 5.90 Å². The predicted molar refractivity (Wildman–Crippen MR) is 115 cm³/mol. The van der Waals surface area contributed by atoms with Crippen LogP contribution in [0.3, 0.4) is 0 Å². The summed E-state index contributed by atoms with van der Waals surface area (Å²) in [6.07, 6.45) is 0. The van der Waals surface area contributed by atoms with E-state index >= 15 is 0 Å². The molecule has 5 heteroatoms. The van der Waals surface area contributed by atoms with Gasteiger partial charge in [-0.1, -0.05) is 66.7 Å². The largest absolute Gasteiger partial charge is 0.475 e. The summed E-state index contributed by atoms with van der Waals surface area (Å²) in [4.78, 5) is 6.92. The zero-order valence-electron chi connectivity index (χ0n) is 16.8. The highest BCUT2D eigenvalue weighted by atomic mass is 16.6. The average Bonchev–Trinajstić information content (AvgIpc) is 3.49. The number of methoxy groups -OCH3 is 1. The lowest BCUT2D eigenvalue weighted by atomic mass is 10.0. The second-order valence-corrected chi connectivity index (χ2v) is 7.39. The van der Waals surface area contributed by atoms with E-state index in [1.54, 1.807) is 7.11 Å². The first-order valence-electron chi connectivity index (χ1n) is 10.0. The molecular weight excluding hydrogens is 376 g/mol. The molecule has 2 aliphatic rings. The molecule has 0 N–H and O–H groups in total. The Morgan fingerprint density at radius 2 is 1.83 bits per heavy atom. The molecule has 0 bridgehead atoms. The minimum absolute atomic E-state index is 0.00996. The van der Waals surface area contributed by atoms with E-state index in [4.69, 9.17) is 19.2 Å². The van der Waals surface area contributed by atoms with Crippen molar-refractivity contribution in [1.82, 2.24) is 0 Å². The van der Waals surface area contributed by atoms with E-state index in [1.165, 1.54) is 0 Å². The molecule has 0 unspecified atom stereocenters. The first-order chi connectivity index (χ1) is 14.8. The third-order valence-electron chi connectivity index (χ3n) is 5.68. The van der Waals surface area contributed by atoms with Crippen LogP contribution in [0.2, 0.25) is 0 Å². The molecule has 1 fully saturated rings. The van der Waals surface area contributed by atoms with Crippen molar-refractivity contribution >= 4 is 11.6 Å². The molecule has 5 nitrogen and oxygen atoms in total. The SMILES string of the molecule is CO[C@]1(c2ccccc2)COCN1c1cc[c]c(C2=N[C@H](c3ccccc3)CO2)c1. The lowest BCUT2D eigenvalue weighted by Gasteiger charge is -2.37. The molecule has 1 radical (unpaired) electrons. The molecule has 3 aromatic carbocycles. The van der Waals surface area contributed by atoms with Crippen molar-refractivity contribution < 1.29 is 14.2 Å². The third kappa shape index (κ3) is 3.26. The summed E-state index contributed by atoms with van der Waals surface area (Å²) in [6.45, 7) is 1.43. The first-order valence-corrected chi connectivity index (χ1v) is 10.0. The van der Waals surface area contributed by atoms with E-state index < -0.39 is 5.72 Å². The fourth-order valence-electron chi connectivity index (χ4n) is 4.08. The summed E-state index contributed by atoms with van der Waals surface area (Å²) in [5.41, 5.74) is 3.33. The predicted octanol–water partition coefficient (Wildman–Crippen LogP) is 4.30. The van der Waals surface area contributed by atoms with Gasteiger partial charge in [0.15, 0.2) is 5.72 Å². The lowest BCUT2D eigenvalue weighted by Crippen LogP contribution is -2.45. The van der Waals surface area contributed by atoms with Crippen LogP contribution in [0.25, 0.3) is 0 Å². The Morgan fingerprint density at radius 3 is 2.60 bits per heavy atom. The van der Waals surface area contributed by atoms with Gasteiger partial charge in [-0.25, -0.2) is 4.99 Å². The fraction of sp³-hybridized carbons (Fsp3) is 0.240. The Morgan fingerprint density at radius 1 is 1.07 bits per heavy atom. The van der Waals surface area contributed by atoms with Crippen LogP contribution < -0.4 is 4.90 Å². The number of ether oxygens (including phenoxy) is 3.